The van der Waals surface area contributed by atoms with E-state index >= 15 is 0 Å². The van der Waals surface area contributed by atoms with Crippen molar-refractivity contribution in [2.24, 2.45) is 7.05 Å². The summed E-state index contributed by atoms with van der Waals surface area (Å²) in [5.41, 5.74) is 0.793. The van der Waals surface area contributed by atoms with Crippen LogP contribution in [-0.4, -0.2) is 46.0 Å². The zero-order chi connectivity index (χ0) is 15.0. The minimum atomic E-state index is -1.16. The lowest BCUT2D eigenvalue weighted by Gasteiger charge is -2.02. The maximum Gasteiger partial charge on any atom is 0.358 e. The van der Waals surface area contributed by atoms with Crippen LogP contribution in [0.2, 0.25) is 0 Å². The van der Waals surface area contributed by atoms with E-state index in [9.17, 15) is 9.90 Å². The Morgan fingerprint density at radius 2 is 2.29 bits per heavy atom. The molecule has 3 aromatic rings. The van der Waals surface area contributed by atoms with Crippen LogP contribution >= 0.6 is 0 Å². The third-order valence-corrected chi connectivity index (χ3v) is 2.78. The molecule has 3 rings (SSSR count). The Hall–Kier alpha value is -3.04. The molecule has 21 heavy (non-hydrogen) atoms. The first-order valence-electron chi connectivity index (χ1n) is 5.99. The van der Waals surface area contributed by atoms with E-state index in [1.54, 1.807) is 31.0 Å². The van der Waals surface area contributed by atoms with Crippen molar-refractivity contribution in [3.05, 3.63) is 29.8 Å². The summed E-state index contributed by atoms with van der Waals surface area (Å²) in [5.74, 6) is -0.352. The summed E-state index contributed by atoms with van der Waals surface area (Å²) >= 11 is 0. The molecule has 0 saturated carbocycles. The number of nitrogens with zero attached hydrogens (tertiary/aromatic N) is 7. The maximum absolute atomic E-state index is 11.3. The van der Waals surface area contributed by atoms with Gasteiger partial charge in [-0.1, -0.05) is 10.4 Å². The SMILES string of the molecule is Cc1nc(Cn2nnc(C(=O)O)c2-c2cnn(C)c2)no1. The second kappa shape index (κ2) is 4.81. The lowest BCUT2D eigenvalue weighted by atomic mass is 10.2. The van der Waals surface area contributed by atoms with Gasteiger partial charge < -0.3 is 9.63 Å². The largest absolute Gasteiger partial charge is 0.476 e. The molecule has 108 valence electrons. The molecule has 0 aliphatic rings. The van der Waals surface area contributed by atoms with Crippen molar-refractivity contribution in [1.29, 1.82) is 0 Å². The minimum Gasteiger partial charge on any atom is -0.476 e. The topological polar surface area (TPSA) is 125 Å². The van der Waals surface area contributed by atoms with Crippen molar-refractivity contribution >= 4 is 5.97 Å². The van der Waals surface area contributed by atoms with Crippen LogP contribution in [0.5, 0.6) is 0 Å². The molecule has 0 radical (unpaired) electrons. The predicted octanol–water partition coefficient (Wildman–Crippen LogP) is 0.117. The van der Waals surface area contributed by atoms with Gasteiger partial charge in [-0.3, -0.25) is 4.68 Å². The van der Waals surface area contributed by atoms with Gasteiger partial charge in [-0.15, -0.1) is 5.10 Å². The minimum absolute atomic E-state index is 0.150. The number of hydrogen-bond donors (Lipinski definition) is 1. The van der Waals surface area contributed by atoms with Gasteiger partial charge in [0, 0.05) is 25.7 Å². The van der Waals surface area contributed by atoms with E-state index < -0.39 is 5.97 Å². The molecule has 0 fully saturated rings. The van der Waals surface area contributed by atoms with Crippen LogP contribution < -0.4 is 0 Å². The molecule has 0 aliphatic carbocycles. The highest BCUT2D eigenvalue weighted by Crippen LogP contribution is 2.22. The number of aromatic carboxylic acids is 1. The van der Waals surface area contributed by atoms with Gasteiger partial charge in [-0.25, -0.2) is 9.48 Å². The second-order valence-corrected chi connectivity index (χ2v) is 4.38. The number of rotatable bonds is 4. The molecule has 3 aromatic heterocycles. The smallest absolute Gasteiger partial charge is 0.358 e. The van der Waals surface area contributed by atoms with Gasteiger partial charge in [0.15, 0.2) is 11.5 Å². The molecule has 0 atom stereocenters. The monoisotopic (exact) mass is 289 g/mol. The molecule has 0 saturated heterocycles. The van der Waals surface area contributed by atoms with Crippen molar-refractivity contribution in [3.8, 4) is 11.3 Å². The van der Waals surface area contributed by atoms with Crippen molar-refractivity contribution < 1.29 is 14.4 Å². The van der Waals surface area contributed by atoms with E-state index in [4.69, 9.17) is 4.52 Å². The summed E-state index contributed by atoms with van der Waals surface area (Å²) in [7, 11) is 1.74. The van der Waals surface area contributed by atoms with Crippen LogP contribution in [0.15, 0.2) is 16.9 Å². The van der Waals surface area contributed by atoms with E-state index in [1.807, 2.05) is 0 Å². The molecule has 0 bridgehead atoms. The Balaban J connectivity index is 2.06. The third kappa shape index (κ3) is 2.38. The molecule has 0 aromatic carbocycles. The molecule has 0 unspecified atom stereocenters. The first-order valence-corrected chi connectivity index (χ1v) is 5.99. The van der Waals surface area contributed by atoms with Gasteiger partial charge in [0.05, 0.1) is 6.20 Å². The van der Waals surface area contributed by atoms with Gasteiger partial charge >= 0.3 is 5.97 Å². The Labute approximate surface area is 118 Å². The van der Waals surface area contributed by atoms with Gasteiger partial charge in [0.25, 0.3) is 0 Å². The van der Waals surface area contributed by atoms with Crippen molar-refractivity contribution in [1.82, 2.24) is 34.9 Å². The number of aromatic nitrogens is 7. The van der Waals surface area contributed by atoms with Crippen LogP contribution in [0.1, 0.15) is 22.2 Å². The Morgan fingerprint density at radius 3 is 2.86 bits per heavy atom. The van der Waals surface area contributed by atoms with E-state index in [0.717, 1.165) is 0 Å². The normalized spacial score (nSPS) is 11.0. The summed E-state index contributed by atoms with van der Waals surface area (Å²) in [6.45, 7) is 1.82. The highest BCUT2D eigenvalue weighted by molar-refractivity contribution is 5.92. The molecule has 1 N–H and O–H groups in total. The van der Waals surface area contributed by atoms with Crippen LogP contribution in [0.25, 0.3) is 11.3 Å². The van der Waals surface area contributed by atoms with Crippen molar-refractivity contribution in [3.63, 3.8) is 0 Å². The number of carboxylic acids is 1. The number of carboxylic acid groups (broad SMARTS) is 1. The van der Waals surface area contributed by atoms with E-state index in [1.165, 1.54) is 4.68 Å². The molecule has 0 spiro atoms. The molecule has 3 heterocycles. The van der Waals surface area contributed by atoms with Gasteiger partial charge in [0.1, 0.15) is 12.2 Å². The summed E-state index contributed by atoms with van der Waals surface area (Å²) in [5, 5.41) is 24.6. The summed E-state index contributed by atoms with van der Waals surface area (Å²) in [4.78, 5) is 15.3. The van der Waals surface area contributed by atoms with Crippen LogP contribution in [0, 0.1) is 6.92 Å². The van der Waals surface area contributed by atoms with E-state index in [2.05, 4.69) is 25.6 Å². The first-order chi connectivity index (χ1) is 10.0. The van der Waals surface area contributed by atoms with Crippen LogP contribution in [-0.2, 0) is 13.6 Å². The van der Waals surface area contributed by atoms with Crippen LogP contribution in [0.3, 0.4) is 0 Å². The maximum atomic E-state index is 11.3. The van der Waals surface area contributed by atoms with Gasteiger partial charge in [-0.05, 0) is 0 Å². The highest BCUT2D eigenvalue weighted by atomic mass is 16.5. The van der Waals surface area contributed by atoms with Gasteiger partial charge in [0.2, 0.25) is 5.89 Å². The number of carbonyl (C=O) groups is 1. The molecular weight excluding hydrogens is 278 g/mol. The summed E-state index contributed by atoms with van der Waals surface area (Å²) in [6, 6.07) is 0. The Morgan fingerprint density at radius 1 is 1.48 bits per heavy atom. The number of hydrogen-bond acceptors (Lipinski definition) is 7. The standard InChI is InChI=1S/C11H11N7O3/c1-6-13-8(15-21-6)5-18-10(7-3-12-17(2)4-7)9(11(19)20)14-16-18/h3-4H,5H2,1-2H3,(H,19,20). The zero-order valence-electron chi connectivity index (χ0n) is 11.3. The fourth-order valence-corrected chi connectivity index (χ4v) is 1.94. The average molecular weight is 289 g/mol. The third-order valence-electron chi connectivity index (χ3n) is 2.78. The molecule has 10 nitrogen and oxygen atoms in total. The summed E-state index contributed by atoms with van der Waals surface area (Å²) < 4.78 is 7.86. The van der Waals surface area contributed by atoms with E-state index in [-0.39, 0.29) is 12.2 Å². The average Bonchev–Trinajstić information content (AvgIpc) is 3.10. The molecular formula is C11H11N7O3. The fourth-order valence-electron chi connectivity index (χ4n) is 1.94. The summed E-state index contributed by atoms with van der Waals surface area (Å²) in [6.07, 6.45) is 3.23. The van der Waals surface area contributed by atoms with E-state index in [0.29, 0.717) is 23.0 Å². The molecule has 0 amide bonds. The second-order valence-electron chi connectivity index (χ2n) is 4.38. The quantitative estimate of drug-likeness (QED) is 0.717. The Bertz CT molecular complexity index is 800. The zero-order valence-corrected chi connectivity index (χ0v) is 11.3. The van der Waals surface area contributed by atoms with Crippen molar-refractivity contribution in [2.45, 2.75) is 13.5 Å². The first kappa shape index (κ1) is 13.0. The lowest BCUT2D eigenvalue weighted by Crippen LogP contribution is -2.07. The predicted molar refractivity (Wildman–Crippen MR) is 67.3 cm³/mol. The number of aryl methyl sites for hydroxylation is 2. The van der Waals surface area contributed by atoms with Crippen LogP contribution in [0.4, 0.5) is 0 Å². The molecule has 10 heteroatoms. The van der Waals surface area contributed by atoms with Gasteiger partial charge in [-0.2, -0.15) is 10.1 Å². The fraction of sp³-hybridized carbons (Fsp3) is 0.273. The van der Waals surface area contributed by atoms with Crippen molar-refractivity contribution in [2.75, 3.05) is 0 Å². The highest BCUT2D eigenvalue weighted by Gasteiger charge is 2.22. The molecule has 0 aliphatic heterocycles. The Kier molecular flexibility index (Phi) is 2.97. The lowest BCUT2D eigenvalue weighted by molar-refractivity contribution is 0.0691.